The van der Waals surface area contributed by atoms with Crippen LogP contribution in [0.3, 0.4) is 0 Å². The third kappa shape index (κ3) is 4.13. The summed E-state index contributed by atoms with van der Waals surface area (Å²) in [4.78, 5) is 16.1. The minimum Gasteiger partial charge on any atom is -0.446 e. The monoisotopic (exact) mass is 291 g/mol. The molecule has 1 amide bonds. The van der Waals surface area contributed by atoms with Crippen molar-refractivity contribution in [3.05, 3.63) is 47.9 Å². The maximum atomic E-state index is 12.8. The number of oxazole rings is 1. The molecule has 2 aromatic rings. The van der Waals surface area contributed by atoms with Gasteiger partial charge >= 0.3 is 0 Å². The van der Waals surface area contributed by atoms with Crippen LogP contribution in [0.15, 0.2) is 34.9 Å². The maximum absolute atomic E-state index is 12.8. The third-order valence-electron chi connectivity index (χ3n) is 2.90. The molecule has 1 atom stereocenters. The molecule has 2 rings (SSSR count). The van der Waals surface area contributed by atoms with Crippen molar-refractivity contribution in [3.8, 4) is 0 Å². The molecule has 0 aliphatic heterocycles. The number of aromatic nitrogens is 1. The first-order chi connectivity index (χ1) is 9.95. The van der Waals surface area contributed by atoms with Crippen molar-refractivity contribution in [2.75, 3.05) is 5.32 Å². The number of nitrogens with two attached hydrogens (primary N) is 1. The van der Waals surface area contributed by atoms with Gasteiger partial charge in [-0.1, -0.05) is 13.8 Å². The van der Waals surface area contributed by atoms with Crippen LogP contribution in [0.1, 0.15) is 42.7 Å². The Bertz CT molecular complexity index is 608. The Morgan fingerprint density at radius 3 is 2.67 bits per heavy atom. The first-order valence-electron chi connectivity index (χ1n) is 6.73. The third-order valence-corrected chi connectivity index (χ3v) is 2.90. The van der Waals surface area contributed by atoms with E-state index in [2.05, 4.69) is 10.3 Å². The molecule has 1 aromatic heterocycles. The van der Waals surface area contributed by atoms with Crippen LogP contribution in [0.25, 0.3) is 0 Å². The van der Waals surface area contributed by atoms with Crippen molar-refractivity contribution in [1.82, 2.24) is 4.98 Å². The summed E-state index contributed by atoms with van der Waals surface area (Å²) in [5.41, 5.74) is 6.58. The lowest BCUT2D eigenvalue weighted by atomic mass is 10.0. The molecule has 1 unspecified atom stereocenters. The fourth-order valence-corrected chi connectivity index (χ4v) is 1.90. The Labute approximate surface area is 122 Å². The first-order valence-corrected chi connectivity index (χ1v) is 6.73. The van der Waals surface area contributed by atoms with Crippen molar-refractivity contribution in [2.24, 2.45) is 11.7 Å². The molecule has 0 saturated carbocycles. The second kappa shape index (κ2) is 6.49. The number of nitrogens with zero attached hydrogens (tertiary/aromatic N) is 1. The Hall–Kier alpha value is -2.21. The highest BCUT2D eigenvalue weighted by atomic mass is 19.1. The van der Waals surface area contributed by atoms with E-state index in [4.69, 9.17) is 10.2 Å². The van der Waals surface area contributed by atoms with Gasteiger partial charge in [0.2, 0.25) is 5.89 Å². The average Bonchev–Trinajstić information content (AvgIpc) is 2.90. The summed E-state index contributed by atoms with van der Waals surface area (Å²) in [5, 5.41) is 2.61. The van der Waals surface area contributed by atoms with Crippen molar-refractivity contribution in [2.45, 2.75) is 26.3 Å². The highest BCUT2D eigenvalue weighted by Crippen LogP contribution is 2.18. The van der Waals surface area contributed by atoms with Gasteiger partial charge < -0.3 is 15.5 Å². The van der Waals surface area contributed by atoms with E-state index >= 15 is 0 Å². The lowest BCUT2D eigenvalue weighted by Gasteiger charge is -2.09. The summed E-state index contributed by atoms with van der Waals surface area (Å²) in [6, 6.07) is 5.14. The lowest BCUT2D eigenvalue weighted by molar-refractivity contribution is 0.102. The molecule has 5 nitrogen and oxygen atoms in total. The summed E-state index contributed by atoms with van der Waals surface area (Å²) in [6.07, 6.45) is 1.99. The van der Waals surface area contributed by atoms with Gasteiger partial charge in [-0.05, 0) is 36.6 Å². The van der Waals surface area contributed by atoms with Crippen molar-refractivity contribution >= 4 is 11.6 Å². The van der Waals surface area contributed by atoms with Crippen LogP contribution in [-0.2, 0) is 0 Å². The molecule has 112 valence electrons. The van der Waals surface area contributed by atoms with Gasteiger partial charge in [0.15, 0.2) is 5.69 Å². The largest absolute Gasteiger partial charge is 0.446 e. The Morgan fingerprint density at radius 2 is 2.05 bits per heavy atom. The Morgan fingerprint density at radius 1 is 1.38 bits per heavy atom. The van der Waals surface area contributed by atoms with Crippen molar-refractivity contribution in [3.63, 3.8) is 0 Å². The molecule has 1 heterocycles. The number of rotatable bonds is 5. The van der Waals surface area contributed by atoms with Crippen LogP contribution in [0.2, 0.25) is 0 Å². The van der Waals surface area contributed by atoms with E-state index in [1.807, 2.05) is 13.8 Å². The van der Waals surface area contributed by atoms with Gasteiger partial charge in [-0.15, -0.1) is 0 Å². The Balaban J connectivity index is 2.03. The highest BCUT2D eigenvalue weighted by Gasteiger charge is 2.18. The molecule has 0 saturated heterocycles. The summed E-state index contributed by atoms with van der Waals surface area (Å²) >= 11 is 0. The zero-order valence-electron chi connectivity index (χ0n) is 12.0. The summed E-state index contributed by atoms with van der Waals surface area (Å²) in [6.45, 7) is 4.09. The number of amides is 1. The molecule has 3 N–H and O–H groups in total. The standard InChI is InChI=1S/C15H18FN3O2/c1-9(2)7-12(17)15-19-13(8-21-15)14(20)18-11-5-3-10(16)4-6-11/h3-6,8-9,12H,7,17H2,1-2H3,(H,18,20). The second-order valence-electron chi connectivity index (χ2n) is 5.27. The number of nitrogens with one attached hydrogen (secondary N) is 1. The Kier molecular flexibility index (Phi) is 4.70. The molecular weight excluding hydrogens is 273 g/mol. The van der Waals surface area contributed by atoms with E-state index in [1.54, 1.807) is 0 Å². The first kappa shape index (κ1) is 15.2. The molecule has 1 aromatic carbocycles. The van der Waals surface area contributed by atoms with Crippen molar-refractivity contribution < 1.29 is 13.6 Å². The zero-order valence-corrected chi connectivity index (χ0v) is 12.0. The van der Waals surface area contributed by atoms with E-state index in [1.165, 1.54) is 30.5 Å². The molecule has 21 heavy (non-hydrogen) atoms. The van der Waals surface area contributed by atoms with E-state index in [-0.39, 0.29) is 17.6 Å². The van der Waals surface area contributed by atoms with Crippen LogP contribution in [0, 0.1) is 11.7 Å². The molecule has 0 spiro atoms. The number of hydrogen-bond donors (Lipinski definition) is 2. The van der Waals surface area contributed by atoms with E-state index < -0.39 is 5.91 Å². The summed E-state index contributed by atoms with van der Waals surface area (Å²) in [7, 11) is 0. The summed E-state index contributed by atoms with van der Waals surface area (Å²) < 4.78 is 18.0. The minimum atomic E-state index is -0.423. The van der Waals surface area contributed by atoms with E-state index in [9.17, 15) is 9.18 Å². The van der Waals surface area contributed by atoms with E-state index in [0.717, 1.165) is 6.42 Å². The molecule has 0 fully saturated rings. The van der Waals surface area contributed by atoms with Crippen LogP contribution < -0.4 is 11.1 Å². The topological polar surface area (TPSA) is 81.1 Å². The normalized spacial score (nSPS) is 12.4. The van der Waals surface area contributed by atoms with Gasteiger partial charge in [-0.25, -0.2) is 9.37 Å². The van der Waals surface area contributed by atoms with Gasteiger partial charge in [0.25, 0.3) is 5.91 Å². The van der Waals surface area contributed by atoms with Crippen LogP contribution in [0.5, 0.6) is 0 Å². The smallest absolute Gasteiger partial charge is 0.277 e. The molecular formula is C15H18FN3O2. The summed E-state index contributed by atoms with van der Waals surface area (Å²) in [5.74, 6) is -0.0407. The van der Waals surface area contributed by atoms with Gasteiger partial charge in [0.05, 0.1) is 6.04 Å². The van der Waals surface area contributed by atoms with Crippen LogP contribution in [0.4, 0.5) is 10.1 Å². The molecule has 6 heteroatoms. The van der Waals surface area contributed by atoms with Gasteiger partial charge in [0, 0.05) is 5.69 Å². The average molecular weight is 291 g/mol. The molecule has 0 aliphatic rings. The fraction of sp³-hybridized carbons (Fsp3) is 0.333. The van der Waals surface area contributed by atoms with Gasteiger partial charge in [-0.2, -0.15) is 0 Å². The number of carbonyl (C=O) groups is 1. The maximum Gasteiger partial charge on any atom is 0.277 e. The predicted molar refractivity (Wildman–Crippen MR) is 77.2 cm³/mol. The SMILES string of the molecule is CC(C)CC(N)c1nc(C(=O)Nc2ccc(F)cc2)co1. The van der Waals surface area contributed by atoms with Gasteiger partial charge in [-0.3, -0.25) is 4.79 Å². The van der Waals surface area contributed by atoms with Crippen LogP contribution in [-0.4, -0.2) is 10.9 Å². The predicted octanol–water partition coefficient (Wildman–Crippen LogP) is 3.11. The van der Waals surface area contributed by atoms with Crippen molar-refractivity contribution in [1.29, 1.82) is 0 Å². The number of benzene rings is 1. The minimum absolute atomic E-state index is 0.147. The molecule has 0 bridgehead atoms. The zero-order chi connectivity index (χ0) is 15.4. The van der Waals surface area contributed by atoms with E-state index in [0.29, 0.717) is 17.5 Å². The second-order valence-corrected chi connectivity index (χ2v) is 5.27. The fourth-order valence-electron chi connectivity index (χ4n) is 1.90. The molecule has 0 radical (unpaired) electrons. The number of hydrogen-bond acceptors (Lipinski definition) is 4. The lowest BCUT2D eigenvalue weighted by Crippen LogP contribution is -2.15. The van der Waals surface area contributed by atoms with Gasteiger partial charge in [0.1, 0.15) is 12.1 Å². The number of carbonyl (C=O) groups excluding carboxylic acids is 1. The quantitative estimate of drug-likeness (QED) is 0.886. The van der Waals surface area contributed by atoms with Crippen LogP contribution >= 0.6 is 0 Å². The number of anilines is 1. The highest BCUT2D eigenvalue weighted by molar-refractivity contribution is 6.02. The molecule has 0 aliphatic carbocycles. The number of halogens is 1.